The lowest BCUT2D eigenvalue weighted by Gasteiger charge is -2.36. The summed E-state index contributed by atoms with van der Waals surface area (Å²) in [5, 5.41) is 3.62. The third-order valence-electron chi connectivity index (χ3n) is 5.00. The monoisotopic (exact) mass is 330 g/mol. The molecule has 4 rings (SSSR count). The van der Waals surface area contributed by atoms with Crippen molar-refractivity contribution in [2.24, 2.45) is 5.92 Å². The summed E-state index contributed by atoms with van der Waals surface area (Å²) >= 11 is 0. The number of nitrogens with zero attached hydrogens (tertiary/aromatic N) is 3. The molecule has 0 radical (unpaired) electrons. The number of hydrogen-bond acceptors (Lipinski definition) is 6. The summed E-state index contributed by atoms with van der Waals surface area (Å²) in [4.78, 5) is 20.3. The van der Waals surface area contributed by atoms with E-state index in [-0.39, 0.29) is 6.10 Å². The molecule has 24 heavy (non-hydrogen) atoms. The van der Waals surface area contributed by atoms with Crippen LogP contribution < -0.4 is 10.5 Å². The van der Waals surface area contributed by atoms with Gasteiger partial charge in [-0.25, -0.2) is 9.78 Å². The minimum Gasteiger partial charge on any atom is -0.489 e. The van der Waals surface area contributed by atoms with Crippen LogP contribution in [0.2, 0.25) is 0 Å². The van der Waals surface area contributed by atoms with Crippen LogP contribution in [0.1, 0.15) is 32.1 Å². The maximum Gasteiger partial charge on any atom is 0.439 e. The van der Waals surface area contributed by atoms with E-state index in [0.29, 0.717) is 11.5 Å². The van der Waals surface area contributed by atoms with E-state index in [1.165, 1.54) is 25.8 Å². The van der Waals surface area contributed by atoms with Crippen molar-refractivity contribution in [2.75, 3.05) is 19.6 Å². The number of H-pyrrole nitrogens is 1. The predicted molar refractivity (Wildman–Crippen MR) is 87.8 cm³/mol. The molecule has 2 aliphatic rings. The number of likely N-dealkylation sites (tertiary alicyclic amines) is 1. The average molecular weight is 330 g/mol. The molecular formula is C17H22N4O3. The molecule has 2 aromatic heterocycles. The van der Waals surface area contributed by atoms with Gasteiger partial charge in [-0.3, -0.25) is 9.51 Å². The van der Waals surface area contributed by atoms with E-state index in [1.807, 2.05) is 6.07 Å². The highest BCUT2D eigenvalue weighted by atomic mass is 16.5. The fourth-order valence-electron chi connectivity index (χ4n) is 3.37. The van der Waals surface area contributed by atoms with Crippen molar-refractivity contribution in [1.29, 1.82) is 0 Å². The van der Waals surface area contributed by atoms with Crippen LogP contribution in [0.4, 0.5) is 0 Å². The van der Waals surface area contributed by atoms with Crippen LogP contribution in [0, 0.1) is 5.92 Å². The lowest BCUT2D eigenvalue weighted by atomic mass is 9.85. The van der Waals surface area contributed by atoms with Crippen LogP contribution in [0.3, 0.4) is 0 Å². The molecule has 1 aliphatic heterocycles. The van der Waals surface area contributed by atoms with Gasteiger partial charge in [-0.1, -0.05) is 11.6 Å². The van der Waals surface area contributed by atoms with Crippen LogP contribution in [-0.4, -0.2) is 45.8 Å². The summed E-state index contributed by atoms with van der Waals surface area (Å²) < 4.78 is 10.5. The van der Waals surface area contributed by atoms with Gasteiger partial charge in [0.05, 0.1) is 6.20 Å². The van der Waals surface area contributed by atoms with E-state index in [0.717, 1.165) is 37.6 Å². The van der Waals surface area contributed by atoms with Gasteiger partial charge in [0.15, 0.2) is 0 Å². The van der Waals surface area contributed by atoms with E-state index < -0.39 is 5.76 Å². The third kappa shape index (κ3) is 3.51. The minimum atomic E-state index is -0.583. The Morgan fingerprint density at radius 2 is 2.08 bits per heavy atom. The summed E-state index contributed by atoms with van der Waals surface area (Å²) in [6.45, 7) is 3.50. The maximum atomic E-state index is 11.0. The van der Waals surface area contributed by atoms with Gasteiger partial charge < -0.3 is 9.64 Å². The number of hydrogen-bond donors (Lipinski definition) is 1. The smallest absolute Gasteiger partial charge is 0.439 e. The minimum absolute atomic E-state index is 0.252. The van der Waals surface area contributed by atoms with Gasteiger partial charge in [0.2, 0.25) is 5.82 Å². The van der Waals surface area contributed by atoms with E-state index in [4.69, 9.17) is 4.74 Å². The van der Waals surface area contributed by atoms with Crippen LogP contribution >= 0.6 is 0 Å². The summed E-state index contributed by atoms with van der Waals surface area (Å²) in [6.07, 6.45) is 8.27. The molecule has 0 atom stereocenters. The molecule has 0 spiro atoms. The van der Waals surface area contributed by atoms with Crippen molar-refractivity contribution in [2.45, 2.75) is 38.2 Å². The molecule has 2 fully saturated rings. The fraction of sp³-hybridized carbons (Fsp3) is 0.588. The maximum absolute atomic E-state index is 11.0. The Morgan fingerprint density at radius 3 is 2.67 bits per heavy atom. The van der Waals surface area contributed by atoms with Gasteiger partial charge in [-0.15, -0.1) is 0 Å². The zero-order chi connectivity index (χ0) is 16.4. The fourth-order valence-corrected chi connectivity index (χ4v) is 3.37. The van der Waals surface area contributed by atoms with Crippen molar-refractivity contribution < 1.29 is 9.26 Å². The highest BCUT2D eigenvalue weighted by Gasteiger charge is 2.25. The van der Waals surface area contributed by atoms with Gasteiger partial charge >= 0.3 is 5.76 Å². The molecule has 2 aromatic rings. The van der Waals surface area contributed by atoms with E-state index in [1.54, 1.807) is 12.3 Å². The Labute approximate surface area is 140 Å². The molecule has 1 N–H and O–H groups in total. The Kier molecular flexibility index (Phi) is 4.34. The summed E-state index contributed by atoms with van der Waals surface area (Å²) in [5.74, 6) is 1.43. The highest BCUT2D eigenvalue weighted by molar-refractivity contribution is 5.48. The zero-order valence-corrected chi connectivity index (χ0v) is 13.6. The Hall–Kier alpha value is -2.15. The van der Waals surface area contributed by atoms with Crippen LogP contribution in [0.25, 0.3) is 11.5 Å². The topological polar surface area (TPSA) is 84.3 Å². The van der Waals surface area contributed by atoms with Crippen molar-refractivity contribution >= 4 is 0 Å². The van der Waals surface area contributed by atoms with Crippen LogP contribution in [0.15, 0.2) is 27.6 Å². The normalized spacial score (nSPS) is 20.0. The lowest BCUT2D eigenvalue weighted by Crippen LogP contribution is -2.41. The summed E-state index contributed by atoms with van der Waals surface area (Å²) in [6, 6.07) is 3.63. The first-order valence-electron chi connectivity index (χ1n) is 8.68. The summed E-state index contributed by atoms with van der Waals surface area (Å²) in [7, 11) is 0. The number of aromatic nitrogens is 3. The molecule has 1 saturated carbocycles. The van der Waals surface area contributed by atoms with Crippen LogP contribution in [-0.2, 0) is 0 Å². The molecule has 0 unspecified atom stereocenters. The largest absolute Gasteiger partial charge is 0.489 e. The van der Waals surface area contributed by atoms with E-state index >= 15 is 0 Å². The number of aromatic amines is 1. The molecule has 3 heterocycles. The van der Waals surface area contributed by atoms with Crippen molar-refractivity contribution in [3.05, 3.63) is 28.9 Å². The molecule has 0 bridgehead atoms. The van der Waals surface area contributed by atoms with Gasteiger partial charge in [-0.05, 0) is 43.7 Å². The number of pyridine rings is 1. The molecule has 0 amide bonds. The second-order valence-electron chi connectivity index (χ2n) is 6.74. The SMILES string of the molecule is O=c1[nH]c(-c2ccc(OC3CCN(CC4CCC4)CC3)cn2)no1. The molecule has 1 saturated heterocycles. The van der Waals surface area contributed by atoms with Crippen molar-refractivity contribution in [1.82, 2.24) is 20.0 Å². The third-order valence-corrected chi connectivity index (χ3v) is 5.00. The van der Waals surface area contributed by atoms with Gasteiger partial charge in [0, 0.05) is 19.6 Å². The van der Waals surface area contributed by atoms with Gasteiger partial charge in [0.1, 0.15) is 17.5 Å². The van der Waals surface area contributed by atoms with Crippen molar-refractivity contribution in [3.63, 3.8) is 0 Å². The molecule has 1 aliphatic carbocycles. The second-order valence-corrected chi connectivity index (χ2v) is 6.74. The van der Waals surface area contributed by atoms with E-state index in [2.05, 4.69) is 24.5 Å². The standard InChI is InChI=1S/C17H22N4O3/c22-17-19-16(20-24-17)15-5-4-14(10-18-15)23-13-6-8-21(9-7-13)11-12-2-1-3-12/h4-5,10,12-13H,1-3,6-9,11H2,(H,19,20,22). The Balaban J connectivity index is 1.29. The summed E-state index contributed by atoms with van der Waals surface area (Å²) in [5.41, 5.74) is 0.559. The highest BCUT2D eigenvalue weighted by Crippen LogP contribution is 2.28. The second kappa shape index (κ2) is 6.76. The van der Waals surface area contributed by atoms with E-state index in [9.17, 15) is 4.79 Å². The molecule has 7 nitrogen and oxygen atoms in total. The molecule has 128 valence electrons. The molecular weight excluding hydrogens is 308 g/mol. The first kappa shape index (κ1) is 15.4. The van der Waals surface area contributed by atoms with Crippen LogP contribution in [0.5, 0.6) is 5.75 Å². The zero-order valence-electron chi connectivity index (χ0n) is 13.6. The lowest BCUT2D eigenvalue weighted by molar-refractivity contribution is 0.0802. The quantitative estimate of drug-likeness (QED) is 0.903. The first-order valence-corrected chi connectivity index (χ1v) is 8.68. The number of ether oxygens (including phenoxy) is 1. The first-order chi connectivity index (χ1) is 11.8. The molecule has 7 heteroatoms. The predicted octanol–water partition coefficient (Wildman–Crippen LogP) is 2.07. The number of rotatable bonds is 5. The van der Waals surface area contributed by atoms with Gasteiger partial charge in [-0.2, -0.15) is 0 Å². The number of nitrogens with one attached hydrogen (secondary N) is 1. The van der Waals surface area contributed by atoms with Gasteiger partial charge in [0.25, 0.3) is 0 Å². The number of piperidine rings is 1. The molecule has 0 aromatic carbocycles. The Morgan fingerprint density at radius 1 is 1.25 bits per heavy atom. The Bertz CT molecular complexity index is 712. The van der Waals surface area contributed by atoms with Crippen molar-refractivity contribution in [3.8, 4) is 17.3 Å². The average Bonchev–Trinajstić information content (AvgIpc) is 3.00.